The molecule has 1 aromatic carbocycles. The minimum Gasteiger partial charge on any atom is -0.493 e. The first-order valence-electron chi connectivity index (χ1n) is 6.57. The van der Waals surface area contributed by atoms with Gasteiger partial charge in [0.15, 0.2) is 0 Å². The van der Waals surface area contributed by atoms with Crippen molar-refractivity contribution in [1.29, 1.82) is 0 Å². The fourth-order valence-corrected chi connectivity index (χ4v) is 2.42. The average molecular weight is 283 g/mol. The van der Waals surface area contributed by atoms with E-state index in [0.717, 1.165) is 23.3 Å². The van der Waals surface area contributed by atoms with Crippen molar-refractivity contribution in [2.75, 3.05) is 13.2 Å². The van der Waals surface area contributed by atoms with Crippen LogP contribution in [0.15, 0.2) is 12.1 Å². The van der Waals surface area contributed by atoms with Crippen molar-refractivity contribution in [2.24, 2.45) is 0 Å². The summed E-state index contributed by atoms with van der Waals surface area (Å²) in [6.45, 7) is 5.66. The molecular formula is C14H19ClN2O2. The summed E-state index contributed by atoms with van der Waals surface area (Å²) in [6, 6.07) is 3.60. The predicted molar refractivity (Wildman–Crippen MR) is 75.6 cm³/mol. The molecule has 2 N–H and O–H groups in total. The van der Waals surface area contributed by atoms with Gasteiger partial charge < -0.3 is 15.4 Å². The number of ether oxygens (including phenoxy) is 1. The van der Waals surface area contributed by atoms with Gasteiger partial charge in [0.25, 0.3) is 0 Å². The quantitative estimate of drug-likeness (QED) is 0.867. The molecule has 0 saturated heterocycles. The highest BCUT2D eigenvalue weighted by Crippen LogP contribution is 2.32. The molecule has 0 bridgehead atoms. The van der Waals surface area contributed by atoms with E-state index < -0.39 is 0 Å². The largest absolute Gasteiger partial charge is 0.493 e. The van der Waals surface area contributed by atoms with Crippen molar-refractivity contribution in [3.8, 4) is 5.75 Å². The van der Waals surface area contributed by atoms with E-state index in [0.29, 0.717) is 24.7 Å². The third kappa shape index (κ3) is 3.39. The molecule has 104 valence electrons. The standard InChI is InChI=1S/C14H19ClN2O2/c1-3-16-14(18)9(2)17-8-11-7-12(15)6-10-4-5-19-13(10)11/h6-7,9,17H,3-5,8H2,1-2H3,(H,16,18). The van der Waals surface area contributed by atoms with Gasteiger partial charge in [-0.3, -0.25) is 4.79 Å². The monoisotopic (exact) mass is 282 g/mol. The van der Waals surface area contributed by atoms with Gasteiger partial charge in [0.1, 0.15) is 5.75 Å². The van der Waals surface area contributed by atoms with Gasteiger partial charge in [-0.25, -0.2) is 0 Å². The molecule has 1 aliphatic heterocycles. The lowest BCUT2D eigenvalue weighted by atomic mass is 10.1. The first kappa shape index (κ1) is 14.2. The van der Waals surface area contributed by atoms with Gasteiger partial charge in [-0.1, -0.05) is 11.6 Å². The van der Waals surface area contributed by atoms with Crippen molar-refractivity contribution in [3.05, 3.63) is 28.3 Å². The summed E-state index contributed by atoms with van der Waals surface area (Å²) in [4.78, 5) is 11.6. The molecule has 5 heteroatoms. The van der Waals surface area contributed by atoms with Crippen molar-refractivity contribution >= 4 is 17.5 Å². The minimum absolute atomic E-state index is 0.00194. The number of benzene rings is 1. The molecule has 1 aliphatic rings. The fourth-order valence-electron chi connectivity index (χ4n) is 2.16. The summed E-state index contributed by atoms with van der Waals surface area (Å²) in [5, 5.41) is 6.69. The molecule has 1 amide bonds. The number of nitrogens with one attached hydrogen (secondary N) is 2. The van der Waals surface area contributed by atoms with E-state index in [4.69, 9.17) is 16.3 Å². The number of carbonyl (C=O) groups is 1. The second-order valence-electron chi connectivity index (χ2n) is 4.65. The fraction of sp³-hybridized carbons (Fsp3) is 0.500. The van der Waals surface area contributed by atoms with Crippen LogP contribution in [0.5, 0.6) is 5.75 Å². The number of rotatable bonds is 5. The van der Waals surface area contributed by atoms with Crippen LogP contribution < -0.4 is 15.4 Å². The molecule has 0 fully saturated rings. The second kappa shape index (κ2) is 6.26. The zero-order valence-electron chi connectivity index (χ0n) is 11.3. The van der Waals surface area contributed by atoms with Gasteiger partial charge in [-0.15, -0.1) is 0 Å². The maximum atomic E-state index is 11.6. The highest BCUT2D eigenvalue weighted by Gasteiger charge is 2.18. The zero-order valence-corrected chi connectivity index (χ0v) is 12.0. The summed E-state index contributed by atoms with van der Waals surface area (Å²) in [7, 11) is 0. The molecule has 19 heavy (non-hydrogen) atoms. The number of fused-ring (bicyclic) bond motifs is 1. The van der Waals surface area contributed by atoms with Crippen LogP contribution in [0, 0.1) is 0 Å². The van der Waals surface area contributed by atoms with Crippen LogP contribution in [-0.4, -0.2) is 25.1 Å². The third-order valence-corrected chi connectivity index (χ3v) is 3.39. The Bertz CT molecular complexity index is 477. The molecule has 1 atom stereocenters. The van der Waals surface area contributed by atoms with Gasteiger partial charge in [0, 0.05) is 30.1 Å². The van der Waals surface area contributed by atoms with Crippen LogP contribution in [0.2, 0.25) is 5.02 Å². The number of halogens is 1. The molecular weight excluding hydrogens is 264 g/mol. The van der Waals surface area contributed by atoms with E-state index in [1.165, 1.54) is 0 Å². The molecule has 0 aromatic heterocycles. The zero-order chi connectivity index (χ0) is 13.8. The van der Waals surface area contributed by atoms with Crippen LogP contribution in [0.4, 0.5) is 0 Å². The maximum Gasteiger partial charge on any atom is 0.236 e. The number of amides is 1. The third-order valence-electron chi connectivity index (χ3n) is 3.17. The van der Waals surface area contributed by atoms with Crippen LogP contribution in [0.25, 0.3) is 0 Å². The van der Waals surface area contributed by atoms with Gasteiger partial charge in [-0.05, 0) is 31.5 Å². The molecule has 1 aromatic rings. The van der Waals surface area contributed by atoms with E-state index in [1.54, 1.807) is 0 Å². The SMILES string of the molecule is CCNC(=O)C(C)NCc1cc(Cl)cc2c1OCC2. The normalized spacial score (nSPS) is 14.7. The highest BCUT2D eigenvalue weighted by molar-refractivity contribution is 6.30. The summed E-state index contributed by atoms with van der Waals surface area (Å²) >= 11 is 6.09. The number of hydrogen-bond acceptors (Lipinski definition) is 3. The molecule has 0 spiro atoms. The summed E-state index contributed by atoms with van der Waals surface area (Å²) in [5.41, 5.74) is 2.16. The molecule has 2 rings (SSSR count). The molecule has 1 unspecified atom stereocenters. The Morgan fingerprint density at radius 3 is 3.05 bits per heavy atom. The van der Waals surface area contributed by atoms with Crippen molar-refractivity contribution in [3.63, 3.8) is 0 Å². The smallest absolute Gasteiger partial charge is 0.236 e. The topological polar surface area (TPSA) is 50.4 Å². The Labute approximate surface area is 118 Å². The molecule has 0 saturated carbocycles. The number of carbonyl (C=O) groups excluding carboxylic acids is 1. The maximum absolute atomic E-state index is 11.6. The van der Waals surface area contributed by atoms with Crippen molar-refractivity contribution in [2.45, 2.75) is 32.9 Å². The Balaban J connectivity index is 2.02. The van der Waals surface area contributed by atoms with E-state index in [1.807, 2.05) is 26.0 Å². The van der Waals surface area contributed by atoms with Crippen LogP contribution in [0.3, 0.4) is 0 Å². The average Bonchev–Trinajstić information content (AvgIpc) is 2.83. The second-order valence-corrected chi connectivity index (χ2v) is 5.09. The van der Waals surface area contributed by atoms with Crippen LogP contribution in [0.1, 0.15) is 25.0 Å². The Hall–Kier alpha value is -1.26. The summed E-state index contributed by atoms with van der Waals surface area (Å²) in [6.07, 6.45) is 0.898. The van der Waals surface area contributed by atoms with Gasteiger partial charge in [0.05, 0.1) is 12.6 Å². The van der Waals surface area contributed by atoms with Crippen molar-refractivity contribution < 1.29 is 9.53 Å². The minimum atomic E-state index is -0.240. The first-order chi connectivity index (χ1) is 9.11. The molecule has 0 aliphatic carbocycles. The van der Waals surface area contributed by atoms with Gasteiger partial charge >= 0.3 is 0 Å². The molecule has 1 heterocycles. The van der Waals surface area contributed by atoms with E-state index in [-0.39, 0.29) is 11.9 Å². The highest BCUT2D eigenvalue weighted by atomic mass is 35.5. The summed E-state index contributed by atoms with van der Waals surface area (Å²) < 4.78 is 5.63. The Morgan fingerprint density at radius 1 is 1.53 bits per heavy atom. The lowest BCUT2D eigenvalue weighted by Gasteiger charge is -2.15. The number of likely N-dealkylation sites (N-methyl/N-ethyl adjacent to an activating group) is 1. The van der Waals surface area contributed by atoms with E-state index in [9.17, 15) is 4.79 Å². The van der Waals surface area contributed by atoms with Crippen LogP contribution in [-0.2, 0) is 17.8 Å². The van der Waals surface area contributed by atoms with E-state index in [2.05, 4.69) is 10.6 Å². The van der Waals surface area contributed by atoms with Gasteiger partial charge in [0.2, 0.25) is 5.91 Å². The lowest BCUT2D eigenvalue weighted by Crippen LogP contribution is -2.41. The first-order valence-corrected chi connectivity index (χ1v) is 6.94. The Kier molecular flexibility index (Phi) is 4.66. The van der Waals surface area contributed by atoms with Crippen molar-refractivity contribution in [1.82, 2.24) is 10.6 Å². The van der Waals surface area contributed by atoms with E-state index >= 15 is 0 Å². The Morgan fingerprint density at radius 2 is 2.32 bits per heavy atom. The molecule has 0 radical (unpaired) electrons. The predicted octanol–water partition coefficient (Wildman–Crippen LogP) is 1.89. The lowest BCUT2D eigenvalue weighted by molar-refractivity contribution is -0.122. The molecule has 4 nitrogen and oxygen atoms in total. The van der Waals surface area contributed by atoms with Crippen LogP contribution >= 0.6 is 11.6 Å². The van der Waals surface area contributed by atoms with Gasteiger partial charge in [-0.2, -0.15) is 0 Å². The summed E-state index contributed by atoms with van der Waals surface area (Å²) in [5.74, 6) is 0.919. The number of hydrogen-bond donors (Lipinski definition) is 2.